The van der Waals surface area contributed by atoms with Gasteiger partial charge in [0.15, 0.2) is 0 Å². The average Bonchev–Trinajstić information content (AvgIpc) is 3.51. The molecule has 6 rings (SSSR count). The van der Waals surface area contributed by atoms with E-state index in [4.69, 9.17) is 0 Å². The fourth-order valence-corrected chi connectivity index (χ4v) is 14.1. The van der Waals surface area contributed by atoms with Crippen molar-refractivity contribution in [1.82, 2.24) is 0 Å². The Balaban J connectivity index is 1.44. The van der Waals surface area contributed by atoms with Crippen LogP contribution < -0.4 is 10.6 Å². The zero-order valence-electron chi connectivity index (χ0n) is 19.0. The Morgan fingerprint density at radius 1 is 1.00 bits per heavy atom. The van der Waals surface area contributed by atoms with E-state index in [0.717, 1.165) is 11.3 Å². The molecule has 0 bridgehead atoms. The lowest BCUT2D eigenvalue weighted by Gasteiger charge is -2.20. The third-order valence-electron chi connectivity index (χ3n) is 7.78. The lowest BCUT2D eigenvalue weighted by Crippen LogP contribution is -2.15. The Morgan fingerprint density at radius 3 is 2.56 bits per heavy atom. The highest BCUT2D eigenvalue weighted by Crippen LogP contribution is 2.82. The largest absolute Gasteiger partial charge is 0.135 e. The van der Waals surface area contributed by atoms with Gasteiger partial charge in [-0.25, -0.2) is 0 Å². The molecule has 0 saturated carbocycles. The maximum absolute atomic E-state index is 2.62. The van der Waals surface area contributed by atoms with Crippen LogP contribution in [0.2, 0.25) is 0 Å². The maximum atomic E-state index is 2.62. The molecule has 2 aliphatic carbocycles. The molecular weight excluding hydrogens is 442 g/mol. The first kappa shape index (κ1) is 21.0. The number of allylic oxidation sites excluding steroid dienone is 8. The van der Waals surface area contributed by atoms with Gasteiger partial charge < -0.3 is 0 Å². The number of benzene rings is 2. The van der Waals surface area contributed by atoms with E-state index in [0.29, 0.717) is 0 Å². The first-order chi connectivity index (χ1) is 15.7. The van der Waals surface area contributed by atoms with Crippen molar-refractivity contribution >= 4 is 57.3 Å². The summed E-state index contributed by atoms with van der Waals surface area (Å²) in [5.74, 6) is 0. The van der Waals surface area contributed by atoms with Crippen LogP contribution in [-0.4, -0.2) is 24.1 Å². The summed E-state index contributed by atoms with van der Waals surface area (Å²) in [5.41, 5.74) is 1.68. The Labute approximate surface area is 197 Å². The quantitative estimate of drug-likeness (QED) is 0.327. The molecule has 3 aliphatic rings. The van der Waals surface area contributed by atoms with Gasteiger partial charge in [-0.1, -0.05) is 57.4 Å². The molecule has 1 aromatic heterocycles. The van der Waals surface area contributed by atoms with Gasteiger partial charge in [0, 0.05) is 26.6 Å². The number of thiophene rings is 1. The summed E-state index contributed by atoms with van der Waals surface area (Å²) in [6.45, 7) is 4.85. The minimum Gasteiger partial charge on any atom is -0.135 e. The Bertz CT molecular complexity index is 1310. The van der Waals surface area contributed by atoms with Crippen LogP contribution in [0, 0.1) is 0 Å². The highest BCUT2D eigenvalue weighted by molar-refractivity contribution is 7.91. The Hall–Kier alpha value is -1.52. The van der Waals surface area contributed by atoms with Crippen LogP contribution in [0.4, 0.5) is 0 Å². The predicted octanol–water partition coefficient (Wildman–Crippen LogP) is 8.35. The molecule has 3 heteroatoms. The Morgan fingerprint density at radius 2 is 1.84 bits per heavy atom. The monoisotopic (exact) mass is 473 g/mol. The van der Waals surface area contributed by atoms with Crippen molar-refractivity contribution in [2.75, 3.05) is 12.8 Å². The first-order valence-corrected chi connectivity index (χ1v) is 16.7. The van der Waals surface area contributed by atoms with E-state index in [9.17, 15) is 0 Å². The minimum absolute atomic E-state index is 0.237. The van der Waals surface area contributed by atoms with Crippen LogP contribution in [0.5, 0.6) is 0 Å². The lowest BCUT2D eigenvalue weighted by atomic mass is 10.1. The molecule has 0 nitrogen and oxygen atoms in total. The fraction of sp³-hybridized carbons (Fsp3) is 0.310. The van der Waals surface area contributed by atoms with Gasteiger partial charge in [0.25, 0.3) is 0 Å². The van der Waals surface area contributed by atoms with Gasteiger partial charge in [0.1, 0.15) is 11.8 Å². The topological polar surface area (TPSA) is 0 Å². The van der Waals surface area contributed by atoms with Crippen molar-refractivity contribution in [3.8, 4) is 0 Å². The van der Waals surface area contributed by atoms with E-state index in [1.54, 1.807) is 10.6 Å². The molecule has 32 heavy (non-hydrogen) atoms. The van der Waals surface area contributed by atoms with Crippen LogP contribution in [-0.2, 0) is 0 Å². The molecule has 0 radical (unpaired) electrons. The van der Waals surface area contributed by atoms with Gasteiger partial charge in [0.05, 0.1) is 18.2 Å². The van der Waals surface area contributed by atoms with Crippen LogP contribution >= 0.6 is 26.5 Å². The molecule has 1 aliphatic heterocycles. The molecule has 4 atom stereocenters. The van der Waals surface area contributed by atoms with Crippen molar-refractivity contribution < 1.29 is 0 Å². The minimum atomic E-state index is -1.09. The second-order valence-electron chi connectivity index (χ2n) is 9.44. The molecular formula is C29H31P2S+. The summed E-state index contributed by atoms with van der Waals surface area (Å²) in [7, 11) is -1.32. The van der Waals surface area contributed by atoms with Gasteiger partial charge in [-0.15, -0.1) is 11.3 Å². The van der Waals surface area contributed by atoms with E-state index in [2.05, 4.69) is 92.5 Å². The maximum Gasteiger partial charge on any atom is 0.109 e. The molecule has 162 valence electrons. The zero-order valence-corrected chi connectivity index (χ0v) is 21.6. The van der Waals surface area contributed by atoms with Crippen LogP contribution in [0.3, 0.4) is 0 Å². The number of fused-ring (bicyclic) bond motifs is 3. The SMILES string of the molecule is CC[C@@H]1C[P+]1(c1ccc2sc3ccc(P(C)C4=CC=CCC4)cc3c2c1)C1C=CC=CC1. The van der Waals surface area contributed by atoms with Crippen molar-refractivity contribution in [1.29, 1.82) is 0 Å². The van der Waals surface area contributed by atoms with Crippen LogP contribution in [0.25, 0.3) is 20.2 Å². The van der Waals surface area contributed by atoms with Gasteiger partial charge in [0.2, 0.25) is 0 Å². The molecule has 0 amide bonds. The third kappa shape index (κ3) is 3.40. The van der Waals surface area contributed by atoms with Gasteiger partial charge in [-0.05, 0) is 73.0 Å². The molecule has 2 heterocycles. The smallest absolute Gasteiger partial charge is 0.109 e. The van der Waals surface area contributed by atoms with Gasteiger partial charge >= 0.3 is 0 Å². The number of rotatable bonds is 5. The summed E-state index contributed by atoms with van der Waals surface area (Å²) in [6, 6.07) is 14.9. The Kier molecular flexibility index (Phi) is 5.50. The van der Waals surface area contributed by atoms with E-state index in [-0.39, 0.29) is 7.92 Å². The predicted molar refractivity (Wildman–Crippen MR) is 150 cm³/mol. The highest BCUT2D eigenvalue weighted by Gasteiger charge is 2.67. The van der Waals surface area contributed by atoms with Crippen molar-refractivity contribution in [2.24, 2.45) is 0 Å². The fourth-order valence-electron chi connectivity index (χ4n) is 5.84. The summed E-state index contributed by atoms with van der Waals surface area (Å²) in [4.78, 5) is 0. The molecule has 0 N–H and O–H groups in total. The molecule has 1 saturated heterocycles. The second kappa shape index (κ2) is 8.36. The normalized spacial score (nSPS) is 27.8. The van der Waals surface area contributed by atoms with E-state index in [1.807, 2.05) is 11.3 Å². The van der Waals surface area contributed by atoms with Crippen molar-refractivity contribution in [3.05, 3.63) is 84.2 Å². The summed E-state index contributed by atoms with van der Waals surface area (Å²) in [5, 5.41) is 7.83. The average molecular weight is 474 g/mol. The van der Waals surface area contributed by atoms with Crippen molar-refractivity contribution in [2.45, 2.75) is 43.9 Å². The van der Waals surface area contributed by atoms with Crippen LogP contribution in [0.15, 0.2) is 84.2 Å². The zero-order chi connectivity index (χ0) is 21.7. The van der Waals surface area contributed by atoms with E-state index >= 15 is 0 Å². The molecule has 3 unspecified atom stereocenters. The van der Waals surface area contributed by atoms with E-state index < -0.39 is 7.26 Å². The summed E-state index contributed by atoms with van der Waals surface area (Å²) in [6.07, 6.45) is 22.8. The van der Waals surface area contributed by atoms with Gasteiger partial charge in [-0.3, -0.25) is 0 Å². The number of hydrogen-bond donors (Lipinski definition) is 0. The first-order valence-electron chi connectivity index (χ1n) is 12.0. The summed E-state index contributed by atoms with van der Waals surface area (Å²) < 4.78 is 2.89. The number of hydrogen-bond acceptors (Lipinski definition) is 1. The standard InChI is InChI=1S/C29H31P2S/c1-3-23-20-31(23,24-12-8-5-9-13-24)25-15-17-29-27(19-25)26-18-22(14-16-28(26)32-29)30(2)21-10-6-4-7-11-21/h4-6,8-10,12,14-19,23-24H,3,7,11,13,20H2,1-2H3/q+1/t23-,24?,30?,31?/m1/s1. The molecule has 1 fully saturated rings. The third-order valence-corrected chi connectivity index (χ3v) is 16.5. The van der Waals surface area contributed by atoms with Gasteiger partial charge in [-0.2, -0.15) is 0 Å². The molecule has 2 aromatic carbocycles. The molecule has 3 aromatic rings. The lowest BCUT2D eigenvalue weighted by molar-refractivity contribution is 0.966. The molecule has 0 spiro atoms. The summed E-state index contributed by atoms with van der Waals surface area (Å²) >= 11 is 1.97. The van der Waals surface area contributed by atoms with E-state index in [1.165, 1.54) is 57.3 Å². The van der Waals surface area contributed by atoms with Crippen LogP contribution in [0.1, 0.15) is 32.6 Å². The van der Waals surface area contributed by atoms with Crippen molar-refractivity contribution in [3.63, 3.8) is 0 Å². The second-order valence-corrected chi connectivity index (χ2v) is 16.9. The highest BCUT2D eigenvalue weighted by atomic mass is 32.1.